The van der Waals surface area contributed by atoms with Gasteiger partial charge in [-0.2, -0.15) is 0 Å². The van der Waals surface area contributed by atoms with Crippen molar-refractivity contribution in [1.82, 2.24) is 0 Å². The van der Waals surface area contributed by atoms with Gasteiger partial charge in [-0.1, -0.05) is 41.5 Å². The lowest BCUT2D eigenvalue weighted by molar-refractivity contribution is 0.0971. The Hall–Kier alpha value is -6.30. The summed E-state index contributed by atoms with van der Waals surface area (Å²) in [4.78, 5) is 100. The van der Waals surface area contributed by atoms with E-state index >= 15 is 28.8 Å². The number of nitrogens with zero attached hydrogens (tertiary/aromatic N) is 6. The molecule has 0 fully saturated rings. The minimum Gasteiger partial charge on any atom is -0.308 e. The van der Waals surface area contributed by atoms with E-state index in [1.165, 1.54) is 18.2 Å². The van der Waals surface area contributed by atoms with Gasteiger partial charge in [-0.25, -0.2) is 0 Å². The number of fused-ring (bicyclic) bond motifs is 6. The van der Waals surface area contributed by atoms with Crippen molar-refractivity contribution in [3.05, 3.63) is 106 Å². The van der Waals surface area contributed by atoms with Crippen LogP contribution in [0.25, 0.3) is 0 Å². The maximum atomic E-state index is 15.2. The summed E-state index contributed by atoms with van der Waals surface area (Å²) in [6.45, 7) is 13.2. The zero-order valence-corrected chi connectivity index (χ0v) is 35.5. The van der Waals surface area contributed by atoms with Gasteiger partial charge in [0.05, 0.1) is 0 Å². The maximum absolute atomic E-state index is 15.2. The molecular weight excluding hydrogens is 757 g/mol. The van der Waals surface area contributed by atoms with Crippen molar-refractivity contribution in [2.45, 2.75) is 80.1 Å². The Morgan fingerprint density at radius 2 is 0.400 bits per heavy atom. The SMILES string of the molecule is CCCN1C(=O)c2cc3cc(c2)C(=O)N(CCC)c2cc4cc(c2)N(CCC)C(=O)c2cc(cc(c2)N(CCC)C(=O)c2cc1cc(c2)N(CCC)C4=O)N(CCC)C3=O. The summed E-state index contributed by atoms with van der Waals surface area (Å²) in [5, 5.41) is 0. The Morgan fingerprint density at radius 1 is 0.250 bits per heavy atom. The topological polar surface area (TPSA) is 122 Å². The highest BCUT2D eigenvalue weighted by Gasteiger charge is 2.33. The number of hydrogen-bond acceptors (Lipinski definition) is 6. The summed E-state index contributed by atoms with van der Waals surface area (Å²) in [5.74, 6) is -2.57. The van der Waals surface area contributed by atoms with Crippen molar-refractivity contribution in [3.8, 4) is 0 Å². The Kier molecular flexibility index (Phi) is 12.2. The summed E-state index contributed by atoms with van der Waals surface area (Å²) in [6.07, 6.45) is 3.34. The molecule has 0 atom stereocenters. The molecule has 0 saturated carbocycles. The average molecular weight is 811 g/mol. The van der Waals surface area contributed by atoms with Crippen LogP contribution >= 0.6 is 0 Å². The lowest BCUT2D eigenvalue weighted by Crippen LogP contribution is -2.35. The minimum atomic E-state index is -0.465. The summed E-state index contributed by atoms with van der Waals surface area (Å²) >= 11 is 0. The molecule has 12 bridgehead atoms. The van der Waals surface area contributed by atoms with E-state index in [0.29, 0.717) is 72.6 Å². The van der Waals surface area contributed by atoms with E-state index in [4.69, 9.17) is 0 Å². The first-order chi connectivity index (χ1) is 29.0. The van der Waals surface area contributed by atoms with Crippen LogP contribution in [-0.2, 0) is 0 Å². The van der Waals surface area contributed by atoms with Crippen LogP contribution in [0.4, 0.5) is 34.1 Å². The average Bonchev–Trinajstić information content (AvgIpc) is 3.26. The largest absolute Gasteiger partial charge is 0.308 e. The molecule has 4 aromatic rings. The first-order valence-electron chi connectivity index (χ1n) is 21.5. The van der Waals surface area contributed by atoms with Gasteiger partial charge in [-0.15, -0.1) is 0 Å². The van der Waals surface area contributed by atoms with E-state index in [1.807, 2.05) is 41.5 Å². The van der Waals surface area contributed by atoms with E-state index in [-0.39, 0.29) is 72.6 Å². The number of anilines is 6. The predicted octanol–water partition coefficient (Wildman–Crippen LogP) is 8.97. The van der Waals surface area contributed by atoms with E-state index < -0.39 is 35.4 Å². The fraction of sp³-hybridized carbons (Fsp3) is 0.375. The molecule has 4 heterocycles. The van der Waals surface area contributed by atoms with Crippen LogP contribution < -0.4 is 29.4 Å². The molecule has 0 saturated heterocycles. The van der Waals surface area contributed by atoms with Crippen LogP contribution in [0.15, 0.2) is 72.8 Å². The van der Waals surface area contributed by atoms with Gasteiger partial charge in [0, 0.05) is 107 Å². The van der Waals surface area contributed by atoms with Crippen molar-refractivity contribution >= 4 is 69.6 Å². The number of amides is 6. The number of carbonyl (C=O) groups excluding carboxylic acids is 6. The van der Waals surface area contributed by atoms with E-state index in [9.17, 15) is 0 Å². The number of rotatable bonds is 12. The monoisotopic (exact) mass is 810 g/mol. The molecule has 6 amide bonds. The van der Waals surface area contributed by atoms with Crippen LogP contribution in [0, 0.1) is 0 Å². The van der Waals surface area contributed by atoms with Crippen LogP contribution in [0.5, 0.6) is 0 Å². The van der Waals surface area contributed by atoms with Crippen molar-refractivity contribution < 1.29 is 28.8 Å². The molecule has 4 aliphatic rings. The van der Waals surface area contributed by atoms with Crippen molar-refractivity contribution in [2.75, 3.05) is 68.7 Å². The molecule has 0 N–H and O–H groups in total. The second-order valence-electron chi connectivity index (χ2n) is 15.8. The number of benzene rings is 4. The zero-order valence-electron chi connectivity index (χ0n) is 35.5. The first-order valence-corrected chi connectivity index (χ1v) is 21.5. The van der Waals surface area contributed by atoms with Crippen LogP contribution in [0.3, 0.4) is 0 Å². The minimum absolute atomic E-state index is 0.125. The van der Waals surface area contributed by atoms with Crippen molar-refractivity contribution in [3.63, 3.8) is 0 Å². The zero-order chi connectivity index (χ0) is 42.8. The molecule has 12 heteroatoms. The van der Waals surface area contributed by atoms with Crippen molar-refractivity contribution in [1.29, 1.82) is 0 Å². The van der Waals surface area contributed by atoms with Gasteiger partial charge in [-0.3, -0.25) is 28.8 Å². The molecule has 0 aliphatic carbocycles. The second-order valence-corrected chi connectivity index (χ2v) is 15.8. The summed E-state index contributed by atoms with van der Waals surface area (Å²) < 4.78 is 0. The molecule has 0 unspecified atom stereocenters. The van der Waals surface area contributed by atoms with E-state index in [1.54, 1.807) is 84.0 Å². The Bertz CT molecular complexity index is 2120. The van der Waals surface area contributed by atoms with Crippen LogP contribution in [0.2, 0.25) is 0 Å². The van der Waals surface area contributed by atoms with Gasteiger partial charge >= 0.3 is 0 Å². The summed E-state index contributed by atoms with van der Waals surface area (Å²) in [5.41, 5.74) is 3.54. The van der Waals surface area contributed by atoms with E-state index in [2.05, 4.69) is 0 Å². The van der Waals surface area contributed by atoms with Gasteiger partial charge in [0.25, 0.3) is 35.4 Å². The van der Waals surface area contributed by atoms with E-state index in [0.717, 1.165) is 0 Å². The number of carbonyl (C=O) groups is 6. The standard InChI is InChI=1S/C48H54N6O6/c1-7-13-49-37-22-34-25-40(28-37)52(16-10-4)47(59)35-23-38-30-42(26-35)54(18-12-6)48(60)36-24-39(29-41(27-36)53(17-11-5)46(34)58)51(15-9-3)45(57)33-20-31(43(49)55)19-32(21-33)44(56)50(38)14-8-2/h19-30H,7-18H2,1-6H3. The molecule has 4 aliphatic heterocycles. The lowest BCUT2D eigenvalue weighted by Gasteiger charge is -2.29. The number of hydrogen-bond donors (Lipinski definition) is 0. The molecule has 60 heavy (non-hydrogen) atoms. The summed E-state index contributed by atoms with van der Waals surface area (Å²) in [6, 6.07) is 20.1. The second kappa shape index (κ2) is 17.5. The Balaban J connectivity index is 1.74. The molecule has 0 spiro atoms. The highest BCUT2D eigenvalue weighted by molar-refractivity contribution is 6.18. The molecular formula is C48H54N6O6. The fourth-order valence-electron chi connectivity index (χ4n) is 8.45. The maximum Gasteiger partial charge on any atom is 0.258 e. The van der Waals surface area contributed by atoms with Crippen LogP contribution in [-0.4, -0.2) is 74.7 Å². The third-order valence-electron chi connectivity index (χ3n) is 11.1. The first kappa shape index (κ1) is 41.8. The fourth-order valence-corrected chi connectivity index (χ4v) is 8.45. The molecule has 12 nitrogen and oxygen atoms in total. The van der Waals surface area contributed by atoms with Gasteiger partial charge in [0.1, 0.15) is 0 Å². The predicted molar refractivity (Wildman–Crippen MR) is 238 cm³/mol. The summed E-state index contributed by atoms with van der Waals surface area (Å²) in [7, 11) is 0. The molecule has 8 rings (SSSR count). The van der Waals surface area contributed by atoms with Crippen molar-refractivity contribution in [2.24, 2.45) is 0 Å². The molecule has 0 aromatic heterocycles. The van der Waals surface area contributed by atoms with Gasteiger partial charge < -0.3 is 29.4 Å². The van der Waals surface area contributed by atoms with Crippen LogP contribution in [0.1, 0.15) is 142 Å². The Labute approximate surface area is 352 Å². The van der Waals surface area contributed by atoms with Gasteiger partial charge in [0.2, 0.25) is 0 Å². The normalized spacial score (nSPS) is 15.3. The highest BCUT2D eigenvalue weighted by atomic mass is 16.2. The van der Waals surface area contributed by atoms with Gasteiger partial charge in [0.15, 0.2) is 0 Å². The van der Waals surface area contributed by atoms with Gasteiger partial charge in [-0.05, 0) is 111 Å². The smallest absolute Gasteiger partial charge is 0.258 e. The third kappa shape index (κ3) is 7.66. The molecule has 312 valence electrons. The third-order valence-corrected chi connectivity index (χ3v) is 11.1. The lowest BCUT2D eigenvalue weighted by atomic mass is 10.0. The quantitative estimate of drug-likeness (QED) is 0.141. The molecule has 0 radical (unpaired) electrons. The highest BCUT2D eigenvalue weighted by Crippen LogP contribution is 2.37. The molecule has 4 aromatic carbocycles. The Morgan fingerprint density at radius 3 is 0.550 bits per heavy atom.